The minimum absolute atomic E-state index is 0.117. The molecule has 2 unspecified atom stereocenters. The maximum absolute atomic E-state index is 9.73. The lowest BCUT2D eigenvalue weighted by Gasteiger charge is -2.14. The summed E-state index contributed by atoms with van der Waals surface area (Å²) in [6, 6.07) is 7.98. The molecular weight excluding hydrogens is 228 g/mol. The first-order chi connectivity index (χ1) is 8.79. The van der Waals surface area contributed by atoms with E-state index in [0.29, 0.717) is 19.1 Å². The predicted molar refractivity (Wildman–Crippen MR) is 70.6 cm³/mol. The molecule has 1 saturated carbocycles. The van der Waals surface area contributed by atoms with Crippen molar-refractivity contribution in [3.8, 4) is 5.75 Å². The summed E-state index contributed by atoms with van der Waals surface area (Å²) in [5, 5.41) is 9.73. The van der Waals surface area contributed by atoms with Crippen molar-refractivity contribution in [3.05, 3.63) is 29.8 Å². The van der Waals surface area contributed by atoms with Gasteiger partial charge in [0, 0.05) is 7.11 Å². The number of hydrogen-bond acceptors (Lipinski definition) is 3. The van der Waals surface area contributed by atoms with Crippen LogP contribution >= 0.6 is 0 Å². The van der Waals surface area contributed by atoms with Crippen molar-refractivity contribution in [3.63, 3.8) is 0 Å². The van der Waals surface area contributed by atoms with Gasteiger partial charge in [-0.1, -0.05) is 18.6 Å². The Labute approximate surface area is 109 Å². The van der Waals surface area contributed by atoms with Crippen LogP contribution in [0.5, 0.6) is 5.75 Å². The van der Waals surface area contributed by atoms with E-state index in [9.17, 15) is 5.11 Å². The number of aliphatic hydroxyl groups excluding tert-OH is 1. The molecule has 0 radical (unpaired) electrons. The van der Waals surface area contributed by atoms with Crippen LogP contribution in [0.15, 0.2) is 24.3 Å². The van der Waals surface area contributed by atoms with Crippen LogP contribution in [0.1, 0.15) is 31.2 Å². The van der Waals surface area contributed by atoms with Gasteiger partial charge in [0.2, 0.25) is 0 Å². The van der Waals surface area contributed by atoms with Crippen molar-refractivity contribution in [2.45, 2.75) is 38.4 Å². The van der Waals surface area contributed by atoms with E-state index in [2.05, 4.69) is 0 Å². The third-order valence-electron chi connectivity index (χ3n) is 3.59. The molecule has 1 N–H and O–H groups in total. The van der Waals surface area contributed by atoms with Gasteiger partial charge >= 0.3 is 0 Å². The topological polar surface area (TPSA) is 38.7 Å². The molecule has 3 nitrogen and oxygen atoms in total. The minimum Gasteiger partial charge on any atom is -0.494 e. The van der Waals surface area contributed by atoms with E-state index >= 15 is 0 Å². The Morgan fingerprint density at radius 1 is 1.33 bits per heavy atom. The summed E-state index contributed by atoms with van der Waals surface area (Å²) in [5.41, 5.74) is 1.12. The summed E-state index contributed by atoms with van der Waals surface area (Å²) in [5.74, 6) is 1.31. The molecule has 1 aromatic rings. The summed E-state index contributed by atoms with van der Waals surface area (Å²) in [6.07, 6.45) is 4.06. The SMILES string of the molecule is COCc1cccc(OCCC2CCCC2O)c1. The van der Waals surface area contributed by atoms with E-state index in [1.807, 2.05) is 24.3 Å². The third kappa shape index (κ3) is 3.72. The number of hydrogen-bond donors (Lipinski definition) is 1. The molecule has 0 aliphatic heterocycles. The van der Waals surface area contributed by atoms with Gasteiger partial charge in [0.1, 0.15) is 5.75 Å². The maximum Gasteiger partial charge on any atom is 0.119 e. The van der Waals surface area contributed by atoms with Crippen molar-refractivity contribution in [1.82, 2.24) is 0 Å². The average molecular weight is 250 g/mol. The lowest BCUT2D eigenvalue weighted by molar-refractivity contribution is 0.117. The summed E-state index contributed by atoms with van der Waals surface area (Å²) < 4.78 is 10.8. The number of ether oxygens (including phenoxy) is 2. The highest BCUT2D eigenvalue weighted by Crippen LogP contribution is 2.28. The first-order valence-corrected chi connectivity index (χ1v) is 6.68. The quantitative estimate of drug-likeness (QED) is 0.843. The van der Waals surface area contributed by atoms with Crippen molar-refractivity contribution < 1.29 is 14.6 Å². The Hall–Kier alpha value is -1.06. The van der Waals surface area contributed by atoms with Gasteiger partial charge in [0.25, 0.3) is 0 Å². The Bertz CT molecular complexity index is 365. The zero-order chi connectivity index (χ0) is 12.8. The van der Waals surface area contributed by atoms with Crippen LogP contribution in [0.3, 0.4) is 0 Å². The van der Waals surface area contributed by atoms with Crippen LogP contribution in [0.25, 0.3) is 0 Å². The first kappa shape index (κ1) is 13.4. The molecule has 18 heavy (non-hydrogen) atoms. The van der Waals surface area contributed by atoms with Gasteiger partial charge in [-0.25, -0.2) is 0 Å². The highest BCUT2D eigenvalue weighted by molar-refractivity contribution is 5.28. The van der Waals surface area contributed by atoms with Gasteiger partial charge in [-0.3, -0.25) is 0 Å². The van der Waals surface area contributed by atoms with Gasteiger partial charge in [-0.15, -0.1) is 0 Å². The van der Waals surface area contributed by atoms with Crippen LogP contribution in [0, 0.1) is 5.92 Å². The second-order valence-corrected chi connectivity index (χ2v) is 4.98. The molecule has 0 saturated heterocycles. The van der Waals surface area contributed by atoms with E-state index in [0.717, 1.165) is 37.0 Å². The van der Waals surface area contributed by atoms with E-state index < -0.39 is 0 Å². The zero-order valence-corrected chi connectivity index (χ0v) is 11.0. The molecule has 0 bridgehead atoms. The molecule has 0 spiro atoms. The lowest BCUT2D eigenvalue weighted by atomic mass is 10.0. The number of benzene rings is 1. The summed E-state index contributed by atoms with van der Waals surface area (Å²) in [4.78, 5) is 0. The Kier molecular flexibility index (Phi) is 5.02. The van der Waals surface area contributed by atoms with Gasteiger partial charge in [-0.05, 0) is 42.9 Å². The van der Waals surface area contributed by atoms with Gasteiger partial charge in [0.15, 0.2) is 0 Å². The van der Waals surface area contributed by atoms with E-state index in [1.54, 1.807) is 7.11 Å². The molecular formula is C15H22O3. The van der Waals surface area contributed by atoms with E-state index in [1.165, 1.54) is 0 Å². The number of aliphatic hydroxyl groups is 1. The van der Waals surface area contributed by atoms with Crippen LogP contribution in [0.4, 0.5) is 0 Å². The van der Waals surface area contributed by atoms with E-state index in [4.69, 9.17) is 9.47 Å². The molecule has 1 aliphatic rings. The zero-order valence-electron chi connectivity index (χ0n) is 11.0. The van der Waals surface area contributed by atoms with Crippen LogP contribution in [-0.2, 0) is 11.3 Å². The standard InChI is InChI=1S/C15H22O3/c1-17-11-12-4-2-6-14(10-12)18-9-8-13-5-3-7-15(13)16/h2,4,6,10,13,15-16H,3,5,7-9,11H2,1H3. The van der Waals surface area contributed by atoms with Gasteiger partial charge < -0.3 is 14.6 Å². The van der Waals surface area contributed by atoms with Crippen molar-refractivity contribution in [2.24, 2.45) is 5.92 Å². The first-order valence-electron chi connectivity index (χ1n) is 6.68. The van der Waals surface area contributed by atoms with E-state index in [-0.39, 0.29) is 6.10 Å². The fraction of sp³-hybridized carbons (Fsp3) is 0.600. The molecule has 0 amide bonds. The summed E-state index contributed by atoms with van der Waals surface area (Å²) in [7, 11) is 1.69. The van der Waals surface area contributed by atoms with Crippen molar-refractivity contribution in [1.29, 1.82) is 0 Å². The minimum atomic E-state index is -0.117. The molecule has 0 aromatic heterocycles. The Morgan fingerprint density at radius 3 is 2.94 bits per heavy atom. The predicted octanol–water partition coefficient (Wildman–Crippen LogP) is 2.76. The second kappa shape index (κ2) is 6.76. The van der Waals surface area contributed by atoms with Crippen LogP contribution < -0.4 is 4.74 Å². The molecule has 0 heterocycles. The highest BCUT2D eigenvalue weighted by Gasteiger charge is 2.24. The second-order valence-electron chi connectivity index (χ2n) is 4.98. The third-order valence-corrected chi connectivity index (χ3v) is 3.59. The maximum atomic E-state index is 9.73. The lowest BCUT2D eigenvalue weighted by Crippen LogP contribution is -2.16. The smallest absolute Gasteiger partial charge is 0.119 e. The monoisotopic (exact) mass is 250 g/mol. The summed E-state index contributed by atoms with van der Waals surface area (Å²) in [6.45, 7) is 1.29. The fourth-order valence-electron chi connectivity index (χ4n) is 2.57. The molecule has 2 rings (SSSR count). The van der Waals surface area contributed by atoms with Gasteiger partial charge in [0.05, 0.1) is 19.3 Å². The van der Waals surface area contributed by atoms with Crippen molar-refractivity contribution in [2.75, 3.05) is 13.7 Å². The molecule has 100 valence electrons. The molecule has 3 heteroatoms. The van der Waals surface area contributed by atoms with Gasteiger partial charge in [-0.2, -0.15) is 0 Å². The summed E-state index contributed by atoms with van der Waals surface area (Å²) >= 11 is 0. The fourth-order valence-corrected chi connectivity index (χ4v) is 2.57. The molecule has 2 atom stereocenters. The van der Waals surface area contributed by atoms with Crippen molar-refractivity contribution >= 4 is 0 Å². The molecule has 1 aromatic carbocycles. The normalized spacial score (nSPS) is 23.2. The molecule has 1 aliphatic carbocycles. The Balaban J connectivity index is 1.77. The number of rotatable bonds is 6. The molecule has 1 fully saturated rings. The largest absolute Gasteiger partial charge is 0.494 e. The highest BCUT2D eigenvalue weighted by atomic mass is 16.5. The Morgan fingerprint density at radius 2 is 2.22 bits per heavy atom. The number of methoxy groups -OCH3 is 1. The van der Waals surface area contributed by atoms with Crippen LogP contribution in [0.2, 0.25) is 0 Å². The average Bonchev–Trinajstić information content (AvgIpc) is 2.76. The van der Waals surface area contributed by atoms with Crippen LogP contribution in [-0.4, -0.2) is 24.9 Å².